The Balaban J connectivity index is 1.54. The molecule has 11 heteroatoms. The highest BCUT2D eigenvalue weighted by molar-refractivity contribution is 8.01. The molecule has 1 aromatic heterocycles. The highest BCUT2D eigenvalue weighted by Gasteiger charge is 2.33. The maximum Gasteiger partial charge on any atom is 0.417 e. The zero-order valence-corrected chi connectivity index (χ0v) is 15.0. The predicted octanol–water partition coefficient (Wildman–Crippen LogP) is 4.52. The molecular weight excluding hydrogens is 397 g/mol. The fourth-order valence-corrected chi connectivity index (χ4v) is 3.73. The van der Waals surface area contributed by atoms with Crippen LogP contribution in [-0.2, 0) is 11.0 Å². The monoisotopic (exact) mass is 408 g/mol. The van der Waals surface area contributed by atoms with Gasteiger partial charge in [0.25, 0.3) is 0 Å². The number of halogens is 4. The normalized spacial score (nSPS) is 14.4. The number of nitrogens with zero attached hydrogens (tertiary/aromatic N) is 2. The van der Waals surface area contributed by atoms with Gasteiger partial charge in [0.1, 0.15) is 0 Å². The van der Waals surface area contributed by atoms with Gasteiger partial charge < -0.3 is 10.6 Å². The molecule has 5 nitrogen and oxygen atoms in total. The molecule has 25 heavy (non-hydrogen) atoms. The van der Waals surface area contributed by atoms with Crippen molar-refractivity contribution >= 4 is 51.4 Å². The first-order valence-electron chi connectivity index (χ1n) is 7.21. The Hall–Kier alpha value is -1.52. The van der Waals surface area contributed by atoms with Crippen LogP contribution in [-0.4, -0.2) is 27.9 Å². The van der Waals surface area contributed by atoms with Crippen LogP contribution in [0, 0.1) is 0 Å². The van der Waals surface area contributed by atoms with Crippen molar-refractivity contribution in [2.24, 2.45) is 0 Å². The summed E-state index contributed by atoms with van der Waals surface area (Å²) in [6.07, 6.45) is -2.35. The van der Waals surface area contributed by atoms with Crippen LogP contribution in [0.3, 0.4) is 0 Å². The lowest BCUT2D eigenvalue weighted by molar-refractivity contribution is -0.137. The number of nitrogens with one attached hydrogen (secondary N) is 2. The van der Waals surface area contributed by atoms with Gasteiger partial charge in [-0.15, -0.1) is 10.2 Å². The second-order valence-corrected chi connectivity index (χ2v) is 7.93. The first-order valence-corrected chi connectivity index (χ1v) is 9.39. The molecule has 0 aliphatic heterocycles. The molecule has 1 heterocycles. The molecule has 1 fully saturated rings. The smallest absolute Gasteiger partial charge is 0.357 e. The number of rotatable bonds is 6. The number of benzene rings is 1. The van der Waals surface area contributed by atoms with E-state index in [1.165, 1.54) is 29.2 Å². The number of hydrogen-bond donors (Lipinski definition) is 2. The molecule has 2 aromatic rings. The molecule has 134 valence electrons. The van der Waals surface area contributed by atoms with Crippen LogP contribution in [0.2, 0.25) is 5.02 Å². The summed E-state index contributed by atoms with van der Waals surface area (Å²) in [5, 5.41) is 13.8. The van der Waals surface area contributed by atoms with Crippen molar-refractivity contribution < 1.29 is 18.0 Å². The van der Waals surface area contributed by atoms with E-state index in [0.717, 1.165) is 25.0 Å². The van der Waals surface area contributed by atoms with Gasteiger partial charge in [0.05, 0.1) is 16.3 Å². The molecule has 3 rings (SSSR count). The lowest BCUT2D eigenvalue weighted by atomic mass is 10.2. The molecule has 1 saturated carbocycles. The molecule has 2 N–H and O–H groups in total. The van der Waals surface area contributed by atoms with Gasteiger partial charge in [0.15, 0.2) is 4.34 Å². The molecule has 0 bridgehead atoms. The standard InChI is InChI=1S/C14H12ClF3N4OS2/c15-10-4-3-8(5-9(10)14(16,17)18)19-11(23)6-24-13-22-21-12(25-13)20-7-1-2-7/h3-5,7H,1-2,6H2,(H,19,23)(H,20,21). The van der Waals surface area contributed by atoms with Gasteiger partial charge in [-0.1, -0.05) is 34.7 Å². The largest absolute Gasteiger partial charge is 0.417 e. The maximum absolute atomic E-state index is 12.8. The Labute approximate surface area is 154 Å². The Morgan fingerprint density at radius 2 is 2.12 bits per heavy atom. The Morgan fingerprint density at radius 1 is 1.36 bits per heavy atom. The summed E-state index contributed by atoms with van der Waals surface area (Å²) in [4.78, 5) is 11.9. The van der Waals surface area contributed by atoms with Crippen LogP contribution in [0.5, 0.6) is 0 Å². The minimum Gasteiger partial charge on any atom is -0.357 e. The highest BCUT2D eigenvalue weighted by Crippen LogP contribution is 2.36. The van der Waals surface area contributed by atoms with Crippen molar-refractivity contribution in [2.75, 3.05) is 16.4 Å². The van der Waals surface area contributed by atoms with E-state index in [2.05, 4.69) is 20.8 Å². The van der Waals surface area contributed by atoms with Crippen molar-refractivity contribution in [3.63, 3.8) is 0 Å². The van der Waals surface area contributed by atoms with Crippen LogP contribution in [0.4, 0.5) is 24.0 Å². The Morgan fingerprint density at radius 3 is 2.80 bits per heavy atom. The quantitative estimate of drug-likeness (QED) is 0.688. The molecule has 0 radical (unpaired) electrons. The van der Waals surface area contributed by atoms with Crippen molar-refractivity contribution in [1.82, 2.24) is 10.2 Å². The van der Waals surface area contributed by atoms with E-state index in [-0.39, 0.29) is 11.4 Å². The van der Waals surface area contributed by atoms with E-state index in [9.17, 15) is 18.0 Å². The summed E-state index contributed by atoms with van der Waals surface area (Å²) in [6, 6.07) is 3.70. The molecule has 1 aromatic carbocycles. The summed E-state index contributed by atoms with van der Waals surface area (Å²) in [6.45, 7) is 0. The zero-order chi connectivity index (χ0) is 18.0. The average molecular weight is 409 g/mol. The van der Waals surface area contributed by atoms with Gasteiger partial charge in [-0.2, -0.15) is 13.2 Å². The number of carbonyl (C=O) groups is 1. The zero-order valence-electron chi connectivity index (χ0n) is 12.6. The topological polar surface area (TPSA) is 66.9 Å². The summed E-state index contributed by atoms with van der Waals surface area (Å²) in [5.74, 6) is -0.422. The van der Waals surface area contributed by atoms with E-state index < -0.39 is 22.7 Å². The van der Waals surface area contributed by atoms with Crippen molar-refractivity contribution in [1.29, 1.82) is 0 Å². The number of alkyl halides is 3. The van der Waals surface area contributed by atoms with E-state index >= 15 is 0 Å². The van der Waals surface area contributed by atoms with Gasteiger partial charge in [-0.25, -0.2) is 0 Å². The Bertz CT molecular complexity index is 780. The third kappa shape index (κ3) is 5.23. The van der Waals surface area contributed by atoms with Gasteiger partial charge in [-0.3, -0.25) is 4.79 Å². The second kappa shape index (κ2) is 7.38. The second-order valence-electron chi connectivity index (χ2n) is 5.32. The minimum atomic E-state index is -4.58. The predicted molar refractivity (Wildman–Crippen MR) is 92.4 cm³/mol. The van der Waals surface area contributed by atoms with E-state index in [1.54, 1.807) is 0 Å². The summed E-state index contributed by atoms with van der Waals surface area (Å²) < 4.78 is 39.1. The third-order valence-corrected chi connectivity index (χ3v) is 5.51. The summed E-state index contributed by atoms with van der Waals surface area (Å²) >= 11 is 8.06. The number of anilines is 2. The maximum atomic E-state index is 12.8. The van der Waals surface area contributed by atoms with Crippen LogP contribution < -0.4 is 10.6 Å². The molecule has 0 unspecified atom stereocenters. The highest BCUT2D eigenvalue weighted by atomic mass is 35.5. The number of thioether (sulfide) groups is 1. The van der Waals surface area contributed by atoms with Gasteiger partial charge in [0, 0.05) is 11.7 Å². The molecule has 0 atom stereocenters. The number of hydrogen-bond acceptors (Lipinski definition) is 6. The number of amides is 1. The molecule has 1 amide bonds. The van der Waals surface area contributed by atoms with Crippen LogP contribution in [0.1, 0.15) is 18.4 Å². The average Bonchev–Trinajstić information content (AvgIpc) is 3.23. The fraction of sp³-hybridized carbons (Fsp3) is 0.357. The van der Waals surface area contributed by atoms with E-state index in [0.29, 0.717) is 15.5 Å². The SMILES string of the molecule is O=C(CSc1nnc(NC2CC2)s1)Nc1ccc(Cl)c(C(F)(F)F)c1. The third-order valence-electron chi connectivity index (χ3n) is 3.19. The van der Waals surface area contributed by atoms with Gasteiger partial charge >= 0.3 is 6.18 Å². The summed E-state index contributed by atoms with van der Waals surface area (Å²) in [5.41, 5.74) is -0.949. The Kier molecular flexibility index (Phi) is 5.40. The van der Waals surface area contributed by atoms with Crippen molar-refractivity contribution in [3.8, 4) is 0 Å². The van der Waals surface area contributed by atoms with E-state index in [1.807, 2.05) is 0 Å². The number of carbonyl (C=O) groups excluding carboxylic acids is 1. The van der Waals surface area contributed by atoms with Gasteiger partial charge in [-0.05, 0) is 31.0 Å². The van der Waals surface area contributed by atoms with Crippen molar-refractivity contribution in [3.05, 3.63) is 28.8 Å². The van der Waals surface area contributed by atoms with Crippen molar-refractivity contribution in [2.45, 2.75) is 29.4 Å². The van der Waals surface area contributed by atoms with Crippen LogP contribution in [0.15, 0.2) is 22.5 Å². The van der Waals surface area contributed by atoms with Crippen LogP contribution in [0.25, 0.3) is 0 Å². The lowest BCUT2D eigenvalue weighted by Gasteiger charge is -2.11. The number of aromatic nitrogens is 2. The molecule has 0 saturated heterocycles. The first kappa shape index (κ1) is 18.3. The lowest BCUT2D eigenvalue weighted by Crippen LogP contribution is -2.15. The fourth-order valence-electron chi connectivity index (χ4n) is 1.87. The van der Waals surface area contributed by atoms with Gasteiger partial charge in [0.2, 0.25) is 11.0 Å². The minimum absolute atomic E-state index is 0.0159. The first-order chi connectivity index (χ1) is 11.8. The van der Waals surface area contributed by atoms with Crippen LogP contribution >= 0.6 is 34.7 Å². The molecule has 0 spiro atoms. The summed E-state index contributed by atoms with van der Waals surface area (Å²) in [7, 11) is 0. The van der Waals surface area contributed by atoms with E-state index in [4.69, 9.17) is 11.6 Å². The molecule has 1 aliphatic carbocycles. The molecular formula is C14H12ClF3N4OS2. The molecule has 1 aliphatic rings.